The number of amides is 2. The number of aliphatic hydroxyl groups is 2. The molecular formula is C33H57N5O6. The molecule has 250 valence electrons. The molecule has 44 heavy (non-hydrogen) atoms. The van der Waals surface area contributed by atoms with E-state index in [1.807, 2.05) is 20.8 Å². The Kier molecular flexibility index (Phi) is 14.9. The molecule has 0 saturated carbocycles. The third-order valence-corrected chi connectivity index (χ3v) is 9.04. The van der Waals surface area contributed by atoms with Crippen LogP contribution in [0.15, 0.2) is 28.8 Å². The maximum Gasteiger partial charge on any atom is 0.311 e. The summed E-state index contributed by atoms with van der Waals surface area (Å²) < 4.78 is 6.17. The van der Waals surface area contributed by atoms with E-state index in [-0.39, 0.29) is 54.5 Å². The van der Waals surface area contributed by atoms with Crippen molar-refractivity contribution in [3.8, 4) is 0 Å². The minimum absolute atomic E-state index is 0.0332. The molecule has 0 aromatic heterocycles. The summed E-state index contributed by atoms with van der Waals surface area (Å²) in [6.07, 6.45) is 8.39. The zero-order chi connectivity index (χ0) is 33.0. The zero-order valence-corrected chi connectivity index (χ0v) is 27.6. The van der Waals surface area contributed by atoms with E-state index in [2.05, 4.69) is 47.7 Å². The van der Waals surface area contributed by atoms with Gasteiger partial charge in [0.25, 0.3) is 0 Å². The van der Waals surface area contributed by atoms with Gasteiger partial charge in [0.1, 0.15) is 12.1 Å². The summed E-state index contributed by atoms with van der Waals surface area (Å²) >= 11 is 0. The van der Waals surface area contributed by atoms with Crippen molar-refractivity contribution in [2.75, 3.05) is 13.1 Å². The average molecular weight is 620 g/mol. The lowest BCUT2D eigenvalue weighted by Gasteiger charge is -2.44. The van der Waals surface area contributed by atoms with Crippen molar-refractivity contribution in [3.05, 3.63) is 23.8 Å². The maximum absolute atomic E-state index is 13.0. The molecule has 0 heterocycles. The second-order valence-electron chi connectivity index (χ2n) is 13.4. The fourth-order valence-corrected chi connectivity index (χ4v) is 5.95. The predicted molar refractivity (Wildman–Crippen MR) is 172 cm³/mol. The standard InChI is InChI=1S/C33H57N5O6/c1-7-33(5,6)31(43)44-27-17-20(2)16-23-11-10-21(3)26(29(23)27)13-12-24(39)18-25(40)19-28(41)38-22(4)30(42)36-14-8-9-15-37-32(34)35/h10-11,16,20-22,24-27,29,39-40H,7-9,12-15,17-19H2,1-6H3,(H,36,42)(H,38,41)(H4,34,35,37)/t20-,21-,22-,24+,25+,26-,27-,29?/m0/s1. The van der Waals surface area contributed by atoms with Gasteiger partial charge in [-0.15, -0.1) is 0 Å². The van der Waals surface area contributed by atoms with Crippen LogP contribution in [0.2, 0.25) is 0 Å². The minimum Gasteiger partial charge on any atom is -0.461 e. The first-order valence-corrected chi connectivity index (χ1v) is 16.2. The van der Waals surface area contributed by atoms with Gasteiger partial charge >= 0.3 is 5.97 Å². The van der Waals surface area contributed by atoms with E-state index in [0.29, 0.717) is 51.1 Å². The summed E-state index contributed by atoms with van der Waals surface area (Å²) in [6, 6.07) is -0.761. The molecule has 2 amide bonds. The van der Waals surface area contributed by atoms with Crippen LogP contribution in [-0.2, 0) is 19.1 Å². The van der Waals surface area contributed by atoms with E-state index in [0.717, 1.165) is 6.42 Å². The number of hydrogen-bond acceptors (Lipinski definition) is 7. The summed E-state index contributed by atoms with van der Waals surface area (Å²) in [5, 5.41) is 26.7. The number of nitrogens with zero attached hydrogens (tertiary/aromatic N) is 1. The summed E-state index contributed by atoms with van der Waals surface area (Å²) in [6.45, 7) is 12.6. The molecular weight excluding hydrogens is 562 g/mol. The van der Waals surface area contributed by atoms with Crippen molar-refractivity contribution in [1.82, 2.24) is 10.6 Å². The molecule has 2 rings (SSSR count). The van der Waals surface area contributed by atoms with Crippen molar-refractivity contribution in [2.45, 2.75) is 117 Å². The lowest BCUT2D eigenvalue weighted by Crippen LogP contribution is -2.45. The Hall–Kier alpha value is -2.92. The zero-order valence-electron chi connectivity index (χ0n) is 27.6. The molecule has 0 spiro atoms. The highest BCUT2D eigenvalue weighted by Crippen LogP contribution is 2.45. The Morgan fingerprint density at radius 2 is 1.86 bits per heavy atom. The van der Waals surface area contributed by atoms with Gasteiger partial charge in [0.05, 0.1) is 24.0 Å². The number of aliphatic imine (C=N–C) groups is 1. The normalized spacial score (nSPS) is 25.1. The number of carbonyl (C=O) groups is 3. The number of unbranched alkanes of at least 4 members (excludes halogenated alkanes) is 1. The topological polar surface area (TPSA) is 189 Å². The molecule has 1 unspecified atom stereocenters. The number of fused-ring (bicyclic) bond motifs is 1. The third kappa shape index (κ3) is 11.9. The number of ether oxygens (including phenoxy) is 1. The second kappa shape index (κ2) is 17.5. The van der Waals surface area contributed by atoms with Crippen LogP contribution >= 0.6 is 0 Å². The number of esters is 1. The molecule has 11 nitrogen and oxygen atoms in total. The van der Waals surface area contributed by atoms with Gasteiger partial charge in [-0.25, -0.2) is 0 Å². The summed E-state index contributed by atoms with van der Waals surface area (Å²) in [7, 11) is 0. The summed E-state index contributed by atoms with van der Waals surface area (Å²) in [5.41, 5.74) is 11.2. The van der Waals surface area contributed by atoms with Crippen molar-refractivity contribution in [3.63, 3.8) is 0 Å². The van der Waals surface area contributed by atoms with Gasteiger partial charge in [-0.05, 0) is 89.0 Å². The van der Waals surface area contributed by atoms with Gasteiger partial charge in [-0.1, -0.05) is 39.0 Å². The molecule has 0 bridgehead atoms. The largest absolute Gasteiger partial charge is 0.461 e. The van der Waals surface area contributed by atoms with Crippen LogP contribution in [0.3, 0.4) is 0 Å². The summed E-state index contributed by atoms with van der Waals surface area (Å²) in [4.78, 5) is 41.6. The van der Waals surface area contributed by atoms with Crippen LogP contribution in [0.5, 0.6) is 0 Å². The van der Waals surface area contributed by atoms with E-state index in [4.69, 9.17) is 16.2 Å². The number of nitrogens with one attached hydrogen (secondary N) is 2. The van der Waals surface area contributed by atoms with E-state index in [9.17, 15) is 24.6 Å². The number of nitrogens with two attached hydrogens (primary N) is 2. The highest BCUT2D eigenvalue weighted by atomic mass is 16.5. The fraction of sp³-hybridized carbons (Fsp3) is 0.758. The molecule has 0 aromatic rings. The fourth-order valence-electron chi connectivity index (χ4n) is 5.95. The maximum atomic E-state index is 13.0. The van der Waals surface area contributed by atoms with Gasteiger partial charge < -0.3 is 37.1 Å². The van der Waals surface area contributed by atoms with E-state index >= 15 is 0 Å². The predicted octanol–water partition coefficient (Wildman–Crippen LogP) is 2.70. The van der Waals surface area contributed by atoms with Crippen LogP contribution in [0.1, 0.15) is 92.9 Å². The molecule has 0 radical (unpaired) electrons. The molecule has 8 N–H and O–H groups in total. The lowest BCUT2D eigenvalue weighted by atomic mass is 9.65. The van der Waals surface area contributed by atoms with Crippen molar-refractivity contribution in [2.24, 2.45) is 45.5 Å². The smallest absolute Gasteiger partial charge is 0.311 e. The molecule has 2 aliphatic carbocycles. The summed E-state index contributed by atoms with van der Waals surface area (Å²) in [5.74, 6) is -0.170. The minimum atomic E-state index is -1.05. The van der Waals surface area contributed by atoms with Gasteiger partial charge in [-0.2, -0.15) is 0 Å². The molecule has 2 aliphatic rings. The third-order valence-electron chi connectivity index (χ3n) is 9.04. The average Bonchev–Trinajstić information content (AvgIpc) is 2.93. The number of allylic oxidation sites excluding steroid dienone is 3. The van der Waals surface area contributed by atoms with E-state index in [1.165, 1.54) is 5.57 Å². The second-order valence-corrected chi connectivity index (χ2v) is 13.4. The van der Waals surface area contributed by atoms with Crippen LogP contribution in [0, 0.1) is 29.1 Å². The van der Waals surface area contributed by atoms with E-state index < -0.39 is 29.6 Å². The number of hydrogen-bond donors (Lipinski definition) is 6. The van der Waals surface area contributed by atoms with Crippen LogP contribution < -0.4 is 22.1 Å². The Morgan fingerprint density at radius 1 is 1.16 bits per heavy atom. The number of aliphatic hydroxyl groups excluding tert-OH is 2. The van der Waals surface area contributed by atoms with Crippen molar-refractivity contribution >= 4 is 23.7 Å². The van der Waals surface area contributed by atoms with Crippen LogP contribution in [-0.4, -0.2) is 71.4 Å². The Bertz CT molecular complexity index is 1050. The number of rotatable bonds is 17. The Labute approximate surface area is 263 Å². The van der Waals surface area contributed by atoms with Gasteiger partial charge in [0.15, 0.2) is 5.96 Å². The number of carbonyl (C=O) groups excluding carboxylic acids is 3. The molecule has 11 heteroatoms. The highest BCUT2D eigenvalue weighted by Gasteiger charge is 2.42. The molecule has 0 saturated heterocycles. The Morgan fingerprint density at radius 3 is 2.52 bits per heavy atom. The SMILES string of the molecule is CCC(C)(C)C(=O)O[C@H]1C[C@@H](C)C=C2C=C[C@H](C)[C@H](CC[C@@H](O)C[C@@H](O)CC(=O)N[C@@H](C)C(=O)NCCCCN=C(N)N)C21. The van der Waals surface area contributed by atoms with Crippen LogP contribution in [0.4, 0.5) is 0 Å². The van der Waals surface area contributed by atoms with Gasteiger partial charge in [-0.3, -0.25) is 19.4 Å². The highest BCUT2D eigenvalue weighted by molar-refractivity contribution is 5.87. The van der Waals surface area contributed by atoms with Gasteiger partial charge in [0.2, 0.25) is 11.8 Å². The van der Waals surface area contributed by atoms with E-state index in [1.54, 1.807) is 6.92 Å². The molecule has 0 aromatic carbocycles. The quantitative estimate of drug-likeness (QED) is 0.0620. The monoisotopic (exact) mass is 619 g/mol. The van der Waals surface area contributed by atoms with Crippen molar-refractivity contribution < 1.29 is 29.3 Å². The Balaban J connectivity index is 1.85. The first-order valence-electron chi connectivity index (χ1n) is 16.2. The first-order chi connectivity index (χ1) is 20.6. The molecule has 8 atom stereocenters. The van der Waals surface area contributed by atoms with Gasteiger partial charge in [0, 0.05) is 19.0 Å². The van der Waals surface area contributed by atoms with Crippen LogP contribution in [0.25, 0.3) is 0 Å². The molecule has 0 aliphatic heterocycles. The number of guanidine groups is 1. The first kappa shape index (κ1) is 37.3. The van der Waals surface area contributed by atoms with Crippen molar-refractivity contribution in [1.29, 1.82) is 0 Å². The lowest BCUT2D eigenvalue weighted by molar-refractivity contribution is -0.164. The molecule has 0 fully saturated rings.